The van der Waals surface area contributed by atoms with Gasteiger partial charge in [0.1, 0.15) is 5.03 Å². The van der Waals surface area contributed by atoms with Gasteiger partial charge in [-0.3, -0.25) is 4.79 Å². The van der Waals surface area contributed by atoms with Crippen LogP contribution >= 0.6 is 11.8 Å². The zero-order valence-electron chi connectivity index (χ0n) is 10.2. The summed E-state index contributed by atoms with van der Waals surface area (Å²) in [6, 6.07) is 5.84. The van der Waals surface area contributed by atoms with Gasteiger partial charge in [-0.1, -0.05) is 17.8 Å². The molecule has 1 aliphatic heterocycles. The number of esters is 1. The maximum absolute atomic E-state index is 11.3. The highest BCUT2D eigenvalue weighted by Crippen LogP contribution is 2.41. The molecule has 2 aromatic rings. The second-order valence-electron chi connectivity index (χ2n) is 4.02. The Hall–Kier alpha value is -2.08. The van der Waals surface area contributed by atoms with E-state index in [2.05, 4.69) is 20.0 Å². The molecular formula is C13H11N3O2S. The monoisotopic (exact) mass is 273 g/mol. The number of methoxy groups -OCH3 is 1. The normalized spacial score (nSPS) is 12.1. The minimum absolute atomic E-state index is 0.247. The van der Waals surface area contributed by atoms with Crippen molar-refractivity contribution < 1.29 is 9.53 Å². The van der Waals surface area contributed by atoms with Gasteiger partial charge in [0.05, 0.1) is 19.2 Å². The highest BCUT2D eigenvalue weighted by molar-refractivity contribution is 7.99. The van der Waals surface area contributed by atoms with Crippen LogP contribution in [-0.4, -0.2) is 23.0 Å². The SMILES string of the molecule is COC(=O)Cc1ccc2c(c1)Nc1nccnc1S2. The number of benzene rings is 1. The number of hydrogen-bond acceptors (Lipinski definition) is 6. The van der Waals surface area contributed by atoms with Crippen LogP contribution in [0.4, 0.5) is 11.5 Å². The molecule has 0 saturated carbocycles. The lowest BCUT2D eigenvalue weighted by molar-refractivity contribution is -0.139. The van der Waals surface area contributed by atoms with Crippen molar-refractivity contribution >= 4 is 29.2 Å². The van der Waals surface area contributed by atoms with Crippen LogP contribution in [0.5, 0.6) is 0 Å². The first-order valence-corrected chi connectivity index (χ1v) is 6.53. The zero-order valence-corrected chi connectivity index (χ0v) is 11.0. The van der Waals surface area contributed by atoms with Gasteiger partial charge in [-0.05, 0) is 17.7 Å². The first-order valence-electron chi connectivity index (χ1n) is 5.72. The van der Waals surface area contributed by atoms with Crippen molar-refractivity contribution in [2.45, 2.75) is 16.3 Å². The molecule has 0 atom stereocenters. The number of ether oxygens (including phenoxy) is 1. The Bertz CT molecular complexity index is 646. The average Bonchev–Trinajstić information content (AvgIpc) is 2.45. The fraction of sp³-hybridized carbons (Fsp3) is 0.154. The Morgan fingerprint density at radius 2 is 2.21 bits per heavy atom. The Balaban J connectivity index is 1.90. The van der Waals surface area contributed by atoms with Crippen LogP contribution in [0.15, 0.2) is 40.5 Å². The standard InChI is InChI=1S/C13H11N3O2S/c1-18-11(17)7-8-2-3-10-9(6-8)16-12-13(19-10)15-5-4-14-12/h2-6H,7H2,1H3,(H,14,16). The molecule has 0 radical (unpaired) electrons. The van der Waals surface area contributed by atoms with Gasteiger partial charge in [-0.2, -0.15) is 0 Å². The second kappa shape index (κ2) is 4.89. The molecule has 0 spiro atoms. The molecule has 6 heteroatoms. The molecular weight excluding hydrogens is 262 g/mol. The van der Waals surface area contributed by atoms with Gasteiger partial charge in [-0.25, -0.2) is 9.97 Å². The highest BCUT2D eigenvalue weighted by atomic mass is 32.2. The molecule has 5 nitrogen and oxygen atoms in total. The molecule has 0 aliphatic carbocycles. The number of nitrogens with one attached hydrogen (secondary N) is 1. The Morgan fingerprint density at radius 3 is 3.05 bits per heavy atom. The summed E-state index contributed by atoms with van der Waals surface area (Å²) < 4.78 is 4.67. The molecule has 0 bridgehead atoms. The van der Waals surface area contributed by atoms with Crippen LogP contribution in [-0.2, 0) is 16.0 Å². The molecule has 0 fully saturated rings. The molecule has 0 amide bonds. The maximum Gasteiger partial charge on any atom is 0.309 e. The summed E-state index contributed by atoms with van der Waals surface area (Å²) in [7, 11) is 1.39. The number of anilines is 2. The van der Waals surface area contributed by atoms with E-state index < -0.39 is 0 Å². The topological polar surface area (TPSA) is 64.1 Å². The van der Waals surface area contributed by atoms with E-state index in [1.807, 2.05) is 18.2 Å². The third kappa shape index (κ3) is 2.39. The number of nitrogens with zero attached hydrogens (tertiary/aromatic N) is 2. The lowest BCUT2D eigenvalue weighted by atomic mass is 10.1. The molecule has 1 aromatic heterocycles. The van der Waals surface area contributed by atoms with E-state index in [1.165, 1.54) is 7.11 Å². The lowest BCUT2D eigenvalue weighted by Gasteiger charge is -2.19. The summed E-state index contributed by atoms with van der Waals surface area (Å²) >= 11 is 1.56. The zero-order chi connectivity index (χ0) is 13.2. The van der Waals surface area contributed by atoms with Crippen molar-refractivity contribution in [3.8, 4) is 0 Å². The highest BCUT2D eigenvalue weighted by Gasteiger charge is 2.18. The largest absolute Gasteiger partial charge is 0.469 e. The minimum Gasteiger partial charge on any atom is -0.469 e. The van der Waals surface area contributed by atoms with Crippen LogP contribution in [0.2, 0.25) is 0 Å². The van der Waals surface area contributed by atoms with E-state index in [9.17, 15) is 4.79 Å². The minimum atomic E-state index is -0.247. The third-order valence-corrected chi connectivity index (χ3v) is 3.81. The maximum atomic E-state index is 11.3. The Kier molecular flexibility index (Phi) is 3.08. The van der Waals surface area contributed by atoms with Gasteiger partial charge >= 0.3 is 5.97 Å². The molecule has 1 aromatic carbocycles. The summed E-state index contributed by atoms with van der Waals surface area (Å²) in [5, 5.41) is 4.08. The van der Waals surface area contributed by atoms with E-state index in [-0.39, 0.29) is 12.4 Å². The quantitative estimate of drug-likeness (QED) is 0.723. The number of carbonyl (C=O) groups excluding carboxylic acids is 1. The molecule has 3 rings (SSSR count). The Morgan fingerprint density at radius 1 is 1.37 bits per heavy atom. The van der Waals surface area contributed by atoms with Gasteiger partial charge in [0, 0.05) is 17.3 Å². The van der Waals surface area contributed by atoms with Gasteiger partial charge in [-0.15, -0.1) is 0 Å². The van der Waals surface area contributed by atoms with Gasteiger partial charge in [0.2, 0.25) is 0 Å². The average molecular weight is 273 g/mol. The second-order valence-corrected chi connectivity index (χ2v) is 5.05. The van der Waals surface area contributed by atoms with Crippen molar-refractivity contribution in [1.29, 1.82) is 0 Å². The molecule has 1 N–H and O–H groups in total. The van der Waals surface area contributed by atoms with E-state index in [1.54, 1.807) is 24.2 Å². The third-order valence-electron chi connectivity index (χ3n) is 2.74. The smallest absolute Gasteiger partial charge is 0.309 e. The molecule has 1 aliphatic rings. The van der Waals surface area contributed by atoms with Gasteiger partial charge in [0.15, 0.2) is 5.82 Å². The number of aromatic nitrogens is 2. The summed E-state index contributed by atoms with van der Waals surface area (Å²) in [6.45, 7) is 0. The van der Waals surface area contributed by atoms with E-state index in [0.717, 1.165) is 27.0 Å². The van der Waals surface area contributed by atoms with Crippen LogP contribution in [0.3, 0.4) is 0 Å². The predicted molar refractivity (Wildman–Crippen MR) is 71.6 cm³/mol. The summed E-state index contributed by atoms with van der Waals surface area (Å²) in [6.07, 6.45) is 3.59. The van der Waals surface area contributed by atoms with Crippen LogP contribution in [0, 0.1) is 0 Å². The number of hydrogen-bond donors (Lipinski definition) is 1. The van der Waals surface area contributed by atoms with Gasteiger partial charge < -0.3 is 10.1 Å². The van der Waals surface area contributed by atoms with E-state index in [4.69, 9.17) is 0 Å². The summed E-state index contributed by atoms with van der Waals surface area (Å²) in [5.41, 5.74) is 1.85. The van der Waals surface area contributed by atoms with Crippen LogP contribution in [0.1, 0.15) is 5.56 Å². The number of carbonyl (C=O) groups is 1. The van der Waals surface area contributed by atoms with Crippen molar-refractivity contribution in [1.82, 2.24) is 9.97 Å². The predicted octanol–water partition coefficient (Wildman–Crippen LogP) is 2.40. The van der Waals surface area contributed by atoms with Crippen LogP contribution < -0.4 is 5.32 Å². The van der Waals surface area contributed by atoms with Gasteiger partial charge in [0.25, 0.3) is 0 Å². The van der Waals surface area contributed by atoms with Crippen molar-refractivity contribution in [2.75, 3.05) is 12.4 Å². The lowest BCUT2D eigenvalue weighted by Crippen LogP contribution is -2.07. The first kappa shape index (κ1) is 12.0. The molecule has 0 saturated heterocycles. The summed E-state index contributed by atoms with van der Waals surface area (Å²) in [4.78, 5) is 20.9. The molecule has 2 heterocycles. The van der Waals surface area contributed by atoms with Crippen LogP contribution in [0.25, 0.3) is 0 Å². The van der Waals surface area contributed by atoms with Crippen molar-refractivity contribution in [3.63, 3.8) is 0 Å². The van der Waals surface area contributed by atoms with E-state index in [0.29, 0.717) is 0 Å². The van der Waals surface area contributed by atoms with Crippen molar-refractivity contribution in [3.05, 3.63) is 36.2 Å². The fourth-order valence-electron chi connectivity index (χ4n) is 1.83. The Labute approximate surface area is 114 Å². The number of rotatable bonds is 2. The molecule has 96 valence electrons. The molecule has 0 unspecified atom stereocenters. The van der Waals surface area contributed by atoms with Crippen molar-refractivity contribution in [2.24, 2.45) is 0 Å². The first-order chi connectivity index (χ1) is 9.26. The fourth-order valence-corrected chi connectivity index (χ4v) is 2.71. The van der Waals surface area contributed by atoms with E-state index >= 15 is 0 Å². The molecule has 19 heavy (non-hydrogen) atoms. The number of fused-ring (bicyclic) bond motifs is 2. The summed E-state index contributed by atoms with van der Waals surface area (Å²) in [5.74, 6) is 0.499.